The number of aromatic nitrogens is 2. The van der Waals surface area contributed by atoms with Gasteiger partial charge in [0.15, 0.2) is 0 Å². The zero-order valence-electron chi connectivity index (χ0n) is 6.66. The molecule has 62 valence electrons. The molecule has 0 unspecified atom stereocenters. The Balaban J connectivity index is 2.32. The van der Waals surface area contributed by atoms with Gasteiger partial charge in [0, 0.05) is 19.0 Å². The van der Waals surface area contributed by atoms with E-state index >= 15 is 0 Å². The van der Waals surface area contributed by atoms with Crippen LogP contribution in [0.2, 0.25) is 0 Å². The van der Waals surface area contributed by atoms with Gasteiger partial charge in [-0.25, -0.2) is 4.98 Å². The molecule has 0 amide bonds. The van der Waals surface area contributed by atoms with E-state index in [9.17, 15) is 0 Å². The number of anilines is 1. The van der Waals surface area contributed by atoms with Gasteiger partial charge in [-0.2, -0.15) is 0 Å². The second-order valence-electron chi connectivity index (χ2n) is 2.29. The Bertz CT molecular complexity index is 209. The largest absolute Gasteiger partial charge is 0.369 e. The summed E-state index contributed by atoms with van der Waals surface area (Å²) in [5.74, 6) is 0.501. The van der Waals surface area contributed by atoms with Crippen LogP contribution in [0.25, 0.3) is 0 Å². The Morgan fingerprint density at radius 2 is 2.55 bits per heavy atom. The summed E-state index contributed by atoms with van der Waals surface area (Å²) in [5.41, 5.74) is 5.49. The molecule has 1 heterocycles. The SMILES string of the molecule is CCCOCn1ccnc1N. The number of imidazole rings is 1. The van der Waals surface area contributed by atoms with Crippen molar-refractivity contribution < 1.29 is 4.74 Å². The van der Waals surface area contributed by atoms with Crippen LogP contribution >= 0.6 is 0 Å². The van der Waals surface area contributed by atoms with Crippen molar-refractivity contribution in [2.24, 2.45) is 0 Å². The van der Waals surface area contributed by atoms with Crippen molar-refractivity contribution in [2.45, 2.75) is 20.1 Å². The fourth-order valence-corrected chi connectivity index (χ4v) is 0.757. The van der Waals surface area contributed by atoms with Gasteiger partial charge in [0.1, 0.15) is 6.73 Å². The molecule has 0 fully saturated rings. The summed E-state index contributed by atoms with van der Waals surface area (Å²) in [6.45, 7) is 3.33. The number of hydrogen-bond acceptors (Lipinski definition) is 3. The fraction of sp³-hybridized carbons (Fsp3) is 0.571. The first-order chi connectivity index (χ1) is 5.34. The van der Waals surface area contributed by atoms with Gasteiger partial charge in [-0.05, 0) is 6.42 Å². The maximum absolute atomic E-state index is 5.49. The normalized spacial score (nSPS) is 10.3. The molecule has 0 bridgehead atoms. The van der Waals surface area contributed by atoms with Gasteiger partial charge in [0.2, 0.25) is 5.95 Å². The third-order valence-corrected chi connectivity index (χ3v) is 1.33. The van der Waals surface area contributed by atoms with Gasteiger partial charge in [0.25, 0.3) is 0 Å². The molecule has 0 aliphatic rings. The van der Waals surface area contributed by atoms with Crippen molar-refractivity contribution in [3.63, 3.8) is 0 Å². The van der Waals surface area contributed by atoms with Gasteiger partial charge in [-0.1, -0.05) is 6.92 Å². The van der Waals surface area contributed by atoms with Gasteiger partial charge >= 0.3 is 0 Å². The van der Waals surface area contributed by atoms with Crippen LogP contribution in [0.1, 0.15) is 13.3 Å². The second kappa shape index (κ2) is 3.98. The van der Waals surface area contributed by atoms with Crippen LogP contribution in [-0.2, 0) is 11.5 Å². The molecule has 1 aromatic rings. The Morgan fingerprint density at radius 1 is 1.73 bits per heavy atom. The molecule has 0 aliphatic heterocycles. The molecular formula is C7H13N3O. The van der Waals surface area contributed by atoms with Crippen LogP contribution < -0.4 is 5.73 Å². The van der Waals surface area contributed by atoms with Crippen molar-refractivity contribution in [1.29, 1.82) is 0 Å². The lowest BCUT2D eigenvalue weighted by Crippen LogP contribution is -2.05. The molecule has 0 atom stereocenters. The Kier molecular flexibility index (Phi) is 2.92. The number of rotatable bonds is 4. The van der Waals surface area contributed by atoms with Crippen molar-refractivity contribution >= 4 is 5.95 Å². The third-order valence-electron chi connectivity index (χ3n) is 1.33. The Labute approximate surface area is 66.0 Å². The van der Waals surface area contributed by atoms with Crippen LogP contribution in [0.3, 0.4) is 0 Å². The lowest BCUT2D eigenvalue weighted by Gasteiger charge is -2.03. The van der Waals surface area contributed by atoms with Gasteiger partial charge in [-0.3, -0.25) is 4.57 Å². The standard InChI is InChI=1S/C7H13N3O/c1-2-5-11-6-10-4-3-9-7(10)8/h3-4H,2,5-6H2,1H3,(H2,8,9). The minimum atomic E-state index is 0.500. The molecule has 1 aromatic heterocycles. The van der Waals surface area contributed by atoms with Crippen LogP contribution in [-0.4, -0.2) is 16.2 Å². The van der Waals surface area contributed by atoms with Crippen LogP contribution in [0, 0.1) is 0 Å². The van der Waals surface area contributed by atoms with Crippen LogP contribution in [0.15, 0.2) is 12.4 Å². The maximum Gasteiger partial charge on any atom is 0.202 e. The van der Waals surface area contributed by atoms with Crippen molar-refractivity contribution in [3.8, 4) is 0 Å². The summed E-state index contributed by atoms with van der Waals surface area (Å²) in [6.07, 6.45) is 4.48. The topological polar surface area (TPSA) is 53.1 Å². The third kappa shape index (κ3) is 2.23. The van der Waals surface area contributed by atoms with E-state index < -0.39 is 0 Å². The van der Waals surface area contributed by atoms with E-state index in [-0.39, 0.29) is 0 Å². The summed E-state index contributed by atoms with van der Waals surface area (Å²) in [5, 5.41) is 0. The minimum Gasteiger partial charge on any atom is -0.369 e. The van der Waals surface area contributed by atoms with Gasteiger partial charge in [-0.15, -0.1) is 0 Å². The molecule has 0 saturated carbocycles. The zero-order chi connectivity index (χ0) is 8.10. The first kappa shape index (κ1) is 8.07. The van der Waals surface area contributed by atoms with E-state index in [1.165, 1.54) is 0 Å². The quantitative estimate of drug-likeness (QED) is 0.656. The van der Waals surface area contributed by atoms with Crippen molar-refractivity contribution in [2.75, 3.05) is 12.3 Å². The highest BCUT2D eigenvalue weighted by molar-refractivity contribution is 5.15. The Hall–Kier alpha value is -1.03. The molecule has 2 N–H and O–H groups in total. The second-order valence-corrected chi connectivity index (χ2v) is 2.29. The molecule has 0 saturated heterocycles. The average Bonchev–Trinajstić information content (AvgIpc) is 2.37. The summed E-state index contributed by atoms with van der Waals surface area (Å²) in [4.78, 5) is 3.86. The predicted molar refractivity (Wildman–Crippen MR) is 42.9 cm³/mol. The van der Waals surface area contributed by atoms with Crippen LogP contribution in [0.5, 0.6) is 0 Å². The van der Waals surface area contributed by atoms with Gasteiger partial charge < -0.3 is 10.5 Å². The van der Waals surface area contributed by atoms with Crippen LogP contribution in [0.4, 0.5) is 5.95 Å². The molecule has 11 heavy (non-hydrogen) atoms. The van der Waals surface area contributed by atoms with E-state index in [2.05, 4.69) is 11.9 Å². The smallest absolute Gasteiger partial charge is 0.202 e. The molecule has 1 rings (SSSR count). The lowest BCUT2D eigenvalue weighted by molar-refractivity contribution is 0.0789. The summed E-state index contributed by atoms with van der Waals surface area (Å²) in [6, 6.07) is 0. The van der Waals surface area contributed by atoms with Gasteiger partial charge in [0.05, 0.1) is 0 Å². The number of ether oxygens (including phenoxy) is 1. The Morgan fingerprint density at radius 3 is 3.09 bits per heavy atom. The fourth-order valence-electron chi connectivity index (χ4n) is 0.757. The maximum atomic E-state index is 5.49. The number of nitrogens with two attached hydrogens (primary N) is 1. The summed E-state index contributed by atoms with van der Waals surface area (Å²) < 4.78 is 7.01. The van der Waals surface area contributed by atoms with E-state index in [0.717, 1.165) is 13.0 Å². The summed E-state index contributed by atoms with van der Waals surface area (Å²) in [7, 11) is 0. The lowest BCUT2D eigenvalue weighted by atomic mass is 10.5. The highest BCUT2D eigenvalue weighted by atomic mass is 16.5. The molecule has 4 heteroatoms. The molecule has 0 spiro atoms. The highest BCUT2D eigenvalue weighted by Gasteiger charge is 1.94. The first-order valence-electron chi connectivity index (χ1n) is 3.69. The number of nitrogens with zero attached hydrogens (tertiary/aromatic N) is 2. The highest BCUT2D eigenvalue weighted by Crippen LogP contribution is 1.98. The van der Waals surface area contributed by atoms with E-state index in [1.807, 2.05) is 0 Å². The zero-order valence-corrected chi connectivity index (χ0v) is 6.66. The van der Waals surface area contributed by atoms with E-state index in [4.69, 9.17) is 10.5 Å². The predicted octanol–water partition coefficient (Wildman–Crippen LogP) is 0.849. The molecule has 0 aliphatic carbocycles. The molecule has 0 radical (unpaired) electrons. The first-order valence-corrected chi connectivity index (χ1v) is 3.69. The minimum absolute atomic E-state index is 0.500. The molecular weight excluding hydrogens is 142 g/mol. The summed E-state index contributed by atoms with van der Waals surface area (Å²) >= 11 is 0. The number of hydrogen-bond donors (Lipinski definition) is 1. The number of nitrogen functional groups attached to an aromatic ring is 1. The van der Waals surface area contributed by atoms with Crippen molar-refractivity contribution in [1.82, 2.24) is 9.55 Å². The van der Waals surface area contributed by atoms with E-state index in [0.29, 0.717) is 12.7 Å². The van der Waals surface area contributed by atoms with E-state index in [1.54, 1.807) is 17.0 Å². The molecule has 4 nitrogen and oxygen atoms in total. The molecule has 0 aromatic carbocycles. The van der Waals surface area contributed by atoms with Crippen molar-refractivity contribution in [3.05, 3.63) is 12.4 Å². The average molecular weight is 155 g/mol. The monoisotopic (exact) mass is 155 g/mol.